The van der Waals surface area contributed by atoms with Gasteiger partial charge in [-0.2, -0.15) is 0 Å². The van der Waals surface area contributed by atoms with Crippen molar-refractivity contribution in [3.63, 3.8) is 0 Å². The van der Waals surface area contributed by atoms with Crippen molar-refractivity contribution in [3.8, 4) is 10.6 Å². The highest BCUT2D eigenvalue weighted by Gasteiger charge is 2.21. The lowest BCUT2D eigenvalue weighted by atomic mass is 10.0. The number of hydrogen-bond donors (Lipinski definition) is 2. The predicted octanol–water partition coefficient (Wildman–Crippen LogP) is 4.65. The standard InChI is InChI=1S/C20H21N3O2S/c1-13-12-14(10-11-25-13)21-20(24)23-16-7-3-2-6-15(16)19-22-17-8-4-5-9-18(17)26-19/h2-9,13-14H,10-12H2,1H3,(H2,21,23,24)/t13-,14+/m1/s1. The summed E-state index contributed by atoms with van der Waals surface area (Å²) in [5.74, 6) is 0. The Morgan fingerprint density at radius 2 is 2.00 bits per heavy atom. The highest BCUT2D eigenvalue weighted by Crippen LogP contribution is 2.34. The molecular formula is C20H21N3O2S. The van der Waals surface area contributed by atoms with Crippen LogP contribution in [-0.4, -0.2) is 29.8 Å². The molecule has 1 aromatic heterocycles. The molecule has 3 aromatic rings. The molecule has 0 bridgehead atoms. The summed E-state index contributed by atoms with van der Waals surface area (Å²) in [5, 5.41) is 6.95. The number of carbonyl (C=O) groups excluding carboxylic acids is 1. The van der Waals surface area contributed by atoms with Gasteiger partial charge in [0.15, 0.2) is 0 Å². The lowest BCUT2D eigenvalue weighted by molar-refractivity contribution is 0.0157. The third kappa shape index (κ3) is 3.71. The minimum atomic E-state index is -0.183. The maximum atomic E-state index is 12.5. The number of urea groups is 1. The number of anilines is 1. The zero-order valence-corrected chi connectivity index (χ0v) is 15.4. The second-order valence-electron chi connectivity index (χ2n) is 6.53. The van der Waals surface area contributed by atoms with Crippen molar-refractivity contribution in [1.29, 1.82) is 0 Å². The summed E-state index contributed by atoms with van der Waals surface area (Å²) in [4.78, 5) is 17.2. The van der Waals surface area contributed by atoms with Gasteiger partial charge in [0.2, 0.25) is 0 Å². The van der Waals surface area contributed by atoms with E-state index in [1.807, 2.05) is 49.4 Å². The molecule has 2 N–H and O–H groups in total. The zero-order chi connectivity index (χ0) is 17.9. The van der Waals surface area contributed by atoms with Gasteiger partial charge in [-0.05, 0) is 44.0 Å². The van der Waals surface area contributed by atoms with Crippen LogP contribution in [0.25, 0.3) is 20.8 Å². The Labute approximate surface area is 156 Å². The highest BCUT2D eigenvalue weighted by molar-refractivity contribution is 7.21. The number of rotatable bonds is 3. The fourth-order valence-electron chi connectivity index (χ4n) is 3.24. The fraction of sp³-hybridized carbons (Fsp3) is 0.300. The summed E-state index contributed by atoms with van der Waals surface area (Å²) in [7, 11) is 0. The van der Waals surface area contributed by atoms with Gasteiger partial charge in [0.05, 0.1) is 22.0 Å². The van der Waals surface area contributed by atoms with Crippen LogP contribution in [0.5, 0.6) is 0 Å². The first-order valence-corrected chi connectivity index (χ1v) is 9.65. The molecular weight excluding hydrogens is 346 g/mol. The molecule has 1 fully saturated rings. The smallest absolute Gasteiger partial charge is 0.319 e. The molecule has 0 aliphatic carbocycles. The first-order chi connectivity index (χ1) is 12.7. The minimum Gasteiger partial charge on any atom is -0.378 e. The van der Waals surface area contributed by atoms with Crippen molar-refractivity contribution in [2.24, 2.45) is 0 Å². The Kier molecular flexibility index (Phi) is 4.86. The van der Waals surface area contributed by atoms with E-state index in [-0.39, 0.29) is 18.2 Å². The zero-order valence-electron chi connectivity index (χ0n) is 14.6. The first kappa shape index (κ1) is 17.0. The summed E-state index contributed by atoms with van der Waals surface area (Å²) in [5.41, 5.74) is 2.68. The molecule has 2 amide bonds. The maximum Gasteiger partial charge on any atom is 0.319 e. The molecule has 26 heavy (non-hydrogen) atoms. The number of hydrogen-bond acceptors (Lipinski definition) is 4. The minimum absolute atomic E-state index is 0.147. The summed E-state index contributed by atoms with van der Waals surface area (Å²) < 4.78 is 6.67. The number of amides is 2. The van der Waals surface area contributed by atoms with E-state index >= 15 is 0 Å². The molecule has 1 saturated heterocycles. The van der Waals surface area contributed by atoms with E-state index in [9.17, 15) is 4.79 Å². The molecule has 0 radical (unpaired) electrons. The van der Waals surface area contributed by atoms with Crippen molar-refractivity contribution >= 4 is 33.3 Å². The number of fused-ring (bicyclic) bond motifs is 1. The Morgan fingerprint density at radius 1 is 1.19 bits per heavy atom. The molecule has 2 aromatic carbocycles. The summed E-state index contributed by atoms with van der Waals surface area (Å²) in [6.07, 6.45) is 1.87. The van der Waals surface area contributed by atoms with Crippen LogP contribution in [0.4, 0.5) is 10.5 Å². The van der Waals surface area contributed by atoms with E-state index in [1.165, 1.54) is 0 Å². The molecule has 0 saturated carbocycles. The SMILES string of the molecule is C[C@@H]1C[C@@H](NC(=O)Nc2ccccc2-c2nc3ccccc3s2)CCO1. The van der Waals surface area contributed by atoms with Crippen molar-refractivity contribution in [2.75, 3.05) is 11.9 Å². The topological polar surface area (TPSA) is 63.2 Å². The van der Waals surface area contributed by atoms with Crippen LogP contribution in [0.3, 0.4) is 0 Å². The maximum absolute atomic E-state index is 12.5. The third-order valence-corrected chi connectivity index (χ3v) is 5.59. The number of benzene rings is 2. The highest BCUT2D eigenvalue weighted by atomic mass is 32.1. The third-order valence-electron chi connectivity index (χ3n) is 4.52. The first-order valence-electron chi connectivity index (χ1n) is 8.83. The van der Waals surface area contributed by atoms with Crippen LogP contribution in [0.2, 0.25) is 0 Å². The summed E-state index contributed by atoms with van der Waals surface area (Å²) in [6.45, 7) is 2.72. The second kappa shape index (κ2) is 7.43. The van der Waals surface area contributed by atoms with E-state index < -0.39 is 0 Å². The molecule has 134 valence electrons. The quantitative estimate of drug-likeness (QED) is 0.708. The number of nitrogens with zero attached hydrogens (tertiary/aromatic N) is 1. The van der Waals surface area contributed by atoms with Crippen LogP contribution < -0.4 is 10.6 Å². The van der Waals surface area contributed by atoms with Crippen LogP contribution in [0.15, 0.2) is 48.5 Å². The Bertz CT molecular complexity index is 891. The van der Waals surface area contributed by atoms with Crippen molar-refractivity contribution in [2.45, 2.75) is 31.9 Å². The normalized spacial score (nSPS) is 20.0. The van der Waals surface area contributed by atoms with E-state index in [0.717, 1.165) is 39.3 Å². The number of thiazole rings is 1. The monoisotopic (exact) mass is 367 g/mol. The number of carbonyl (C=O) groups is 1. The van der Waals surface area contributed by atoms with E-state index in [4.69, 9.17) is 9.72 Å². The van der Waals surface area contributed by atoms with Crippen LogP contribution >= 0.6 is 11.3 Å². The average Bonchev–Trinajstić information content (AvgIpc) is 3.06. The van der Waals surface area contributed by atoms with Crippen LogP contribution in [0.1, 0.15) is 19.8 Å². The predicted molar refractivity (Wildman–Crippen MR) is 106 cm³/mol. The number of ether oxygens (including phenoxy) is 1. The van der Waals surface area contributed by atoms with Gasteiger partial charge in [-0.15, -0.1) is 11.3 Å². The van der Waals surface area contributed by atoms with Gasteiger partial charge in [-0.25, -0.2) is 9.78 Å². The average molecular weight is 367 g/mol. The lowest BCUT2D eigenvalue weighted by Crippen LogP contribution is -2.43. The van der Waals surface area contributed by atoms with Crippen molar-refractivity contribution < 1.29 is 9.53 Å². The second-order valence-corrected chi connectivity index (χ2v) is 7.56. The molecule has 0 unspecified atom stereocenters. The van der Waals surface area contributed by atoms with Gasteiger partial charge in [0.25, 0.3) is 0 Å². The molecule has 0 spiro atoms. The molecule has 6 heteroatoms. The molecule has 1 aliphatic rings. The largest absolute Gasteiger partial charge is 0.378 e. The molecule has 4 rings (SSSR count). The van der Waals surface area contributed by atoms with E-state index in [1.54, 1.807) is 11.3 Å². The fourth-order valence-corrected chi connectivity index (χ4v) is 4.24. The summed E-state index contributed by atoms with van der Waals surface area (Å²) in [6, 6.07) is 15.8. The molecule has 2 atom stereocenters. The summed E-state index contributed by atoms with van der Waals surface area (Å²) >= 11 is 1.63. The van der Waals surface area contributed by atoms with Gasteiger partial charge >= 0.3 is 6.03 Å². The van der Waals surface area contributed by atoms with Gasteiger partial charge in [0.1, 0.15) is 5.01 Å². The number of aromatic nitrogens is 1. The van der Waals surface area contributed by atoms with Gasteiger partial charge in [0, 0.05) is 18.2 Å². The Hall–Kier alpha value is -2.44. The molecule has 1 aliphatic heterocycles. The van der Waals surface area contributed by atoms with Gasteiger partial charge in [-0.1, -0.05) is 24.3 Å². The van der Waals surface area contributed by atoms with E-state index in [2.05, 4.69) is 16.7 Å². The van der Waals surface area contributed by atoms with Crippen LogP contribution in [0, 0.1) is 0 Å². The molecule has 5 nitrogen and oxygen atoms in total. The van der Waals surface area contributed by atoms with Crippen molar-refractivity contribution in [1.82, 2.24) is 10.3 Å². The van der Waals surface area contributed by atoms with Crippen molar-refractivity contribution in [3.05, 3.63) is 48.5 Å². The number of para-hydroxylation sites is 2. The Balaban J connectivity index is 1.53. The van der Waals surface area contributed by atoms with Gasteiger partial charge in [-0.3, -0.25) is 0 Å². The lowest BCUT2D eigenvalue weighted by Gasteiger charge is -2.28. The van der Waals surface area contributed by atoms with Gasteiger partial charge < -0.3 is 15.4 Å². The number of nitrogens with one attached hydrogen (secondary N) is 2. The van der Waals surface area contributed by atoms with E-state index in [0.29, 0.717) is 6.61 Å². The van der Waals surface area contributed by atoms with Crippen LogP contribution in [-0.2, 0) is 4.74 Å². The Morgan fingerprint density at radius 3 is 2.85 bits per heavy atom. The molecule has 2 heterocycles.